The molecule has 1 amide bonds. The van der Waals surface area contributed by atoms with Crippen molar-refractivity contribution in [3.8, 4) is 22.8 Å². The van der Waals surface area contributed by atoms with E-state index in [0.717, 1.165) is 42.3 Å². The van der Waals surface area contributed by atoms with E-state index in [9.17, 15) is 4.79 Å². The number of fused-ring (bicyclic) bond motifs is 3. The molecule has 7 rings (SSSR count). The lowest BCUT2D eigenvalue weighted by atomic mass is 9.99. The number of ether oxygens (including phenoxy) is 2. The highest BCUT2D eigenvalue weighted by atomic mass is 16.7. The zero-order valence-corrected chi connectivity index (χ0v) is 21.4. The van der Waals surface area contributed by atoms with Crippen LogP contribution in [0.2, 0.25) is 0 Å². The van der Waals surface area contributed by atoms with Crippen molar-refractivity contribution in [2.45, 2.75) is 25.8 Å². The second-order valence-corrected chi connectivity index (χ2v) is 9.91. The number of carbonyl (C=O) groups excluding carboxylic acids is 1. The molecule has 0 unspecified atom stereocenters. The molecule has 0 saturated carbocycles. The quantitative estimate of drug-likeness (QED) is 0.317. The van der Waals surface area contributed by atoms with Crippen molar-refractivity contribution in [2.75, 3.05) is 30.9 Å². The fourth-order valence-corrected chi connectivity index (χ4v) is 5.60. The molecule has 4 N–H and O–H groups in total. The summed E-state index contributed by atoms with van der Waals surface area (Å²) in [6.07, 6.45) is 3.51. The SMILES string of the molecule is Cc1ccc(C(=O)Nc2ccc(-c3nn([C@@H]4CCCNC4)c4ncnc(N)c34)c3c2OCO3)c2ccccc12. The van der Waals surface area contributed by atoms with Gasteiger partial charge in [-0.15, -0.1) is 0 Å². The Morgan fingerprint density at radius 2 is 1.92 bits per heavy atom. The van der Waals surface area contributed by atoms with Gasteiger partial charge in [-0.05, 0) is 60.8 Å². The predicted molar refractivity (Wildman–Crippen MR) is 149 cm³/mol. The van der Waals surface area contributed by atoms with Gasteiger partial charge in [0.15, 0.2) is 17.1 Å². The van der Waals surface area contributed by atoms with Gasteiger partial charge in [-0.1, -0.05) is 30.3 Å². The fraction of sp³-hybridized carbons (Fsp3) is 0.241. The van der Waals surface area contributed by atoms with E-state index in [1.165, 1.54) is 6.33 Å². The molecular weight excluding hydrogens is 494 g/mol. The number of nitrogens with zero attached hydrogens (tertiary/aromatic N) is 4. The van der Waals surface area contributed by atoms with Gasteiger partial charge in [-0.2, -0.15) is 5.10 Å². The van der Waals surface area contributed by atoms with Crippen molar-refractivity contribution < 1.29 is 14.3 Å². The van der Waals surface area contributed by atoms with Gasteiger partial charge in [0.2, 0.25) is 6.79 Å². The Morgan fingerprint density at radius 1 is 1.08 bits per heavy atom. The van der Waals surface area contributed by atoms with Gasteiger partial charge in [0, 0.05) is 17.7 Å². The van der Waals surface area contributed by atoms with Crippen molar-refractivity contribution in [3.63, 3.8) is 0 Å². The molecule has 0 spiro atoms. The molecule has 5 aromatic rings. The van der Waals surface area contributed by atoms with Gasteiger partial charge in [-0.25, -0.2) is 14.6 Å². The van der Waals surface area contributed by atoms with E-state index >= 15 is 0 Å². The molecule has 1 atom stereocenters. The molecule has 2 aromatic heterocycles. The Kier molecular flexibility index (Phi) is 5.55. The van der Waals surface area contributed by atoms with Crippen LogP contribution in [-0.4, -0.2) is 45.5 Å². The number of nitrogen functional groups attached to an aromatic ring is 1. The first-order valence-electron chi connectivity index (χ1n) is 13.0. The summed E-state index contributed by atoms with van der Waals surface area (Å²) in [6, 6.07) is 15.5. The molecule has 10 heteroatoms. The number of rotatable bonds is 4. The van der Waals surface area contributed by atoms with E-state index in [4.69, 9.17) is 20.3 Å². The highest BCUT2D eigenvalue weighted by Gasteiger charge is 2.29. The lowest BCUT2D eigenvalue weighted by Gasteiger charge is -2.23. The van der Waals surface area contributed by atoms with Crippen molar-refractivity contribution >= 4 is 39.2 Å². The third kappa shape index (κ3) is 3.83. The summed E-state index contributed by atoms with van der Waals surface area (Å²) in [5, 5.41) is 14.0. The Hall–Kier alpha value is -4.70. The maximum absolute atomic E-state index is 13.4. The molecule has 10 nitrogen and oxygen atoms in total. The molecule has 1 fully saturated rings. The Labute approximate surface area is 224 Å². The van der Waals surface area contributed by atoms with Crippen LogP contribution in [0.1, 0.15) is 34.8 Å². The summed E-state index contributed by atoms with van der Waals surface area (Å²) in [5.74, 6) is 1.07. The first-order chi connectivity index (χ1) is 19.1. The van der Waals surface area contributed by atoms with Crippen LogP contribution in [0.4, 0.5) is 11.5 Å². The minimum atomic E-state index is -0.228. The number of benzene rings is 3. The Morgan fingerprint density at radius 3 is 2.77 bits per heavy atom. The summed E-state index contributed by atoms with van der Waals surface area (Å²) < 4.78 is 13.7. The molecule has 3 aromatic carbocycles. The highest BCUT2D eigenvalue weighted by Crippen LogP contribution is 2.48. The third-order valence-electron chi connectivity index (χ3n) is 7.54. The molecule has 196 valence electrons. The van der Waals surface area contributed by atoms with Gasteiger partial charge >= 0.3 is 0 Å². The number of aromatic nitrogens is 4. The van der Waals surface area contributed by atoms with Gasteiger partial charge in [0.25, 0.3) is 5.91 Å². The summed E-state index contributed by atoms with van der Waals surface area (Å²) in [7, 11) is 0. The minimum absolute atomic E-state index is 0.0276. The topological polar surface area (TPSA) is 129 Å². The molecule has 4 heterocycles. The lowest BCUT2D eigenvalue weighted by Crippen LogP contribution is -2.32. The first kappa shape index (κ1) is 23.4. The number of nitrogens with two attached hydrogens (primary N) is 1. The number of anilines is 2. The highest BCUT2D eigenvalue weighted by molar-refractivity contribution is 6.14. The molecule has 2 aliphatic heterocycles. The molecule has 39 heavy (non-hydrogen) atoms. The van der Waals surface area contributed by atoms with E-state index in [1.807, 2.05) is 60.1 Å². The monoisotopic (exact) mass is 521 g/mol. The number of aryl methyl sites for hydroxylation is 1. The number of hydrogen-bond donors (Lipinski definition) is 3. The summed E-state index contributed by atoms with van der Waals surface area (Å²) in [5.41, 5.74) is 10.6. The van der Waals surface area contributed by atoms with Crippen LogP contribution in [0.25, 0.3) is 33.1 Å². The molecule has 2 aliphatic rings. The number of piperidine rings is 1. The summed E-state index contributed by atoms with van der Waals surface area (Å²) in [6.45, 7) is 3.86. The smallest absolute Gasteiger partial charge is 0.256 e. The summed E-state index contributed by atoms with van der Waals surface area (Å²) >= 11 is 0. The first-order valence-corrected chi connectivity index (χ1v) is 13.0. The van der Waals surface area contributed by atoms with Crippen LogP contribution in [0, 0.1) is 6.92 Å². The number of hydrogen-bond acceptors (Lipinski definition) is 8. The number of amides is 1. The Bertz CT molecular complexity index is 1760. The lowest BCUT2D eigenvalue weighted by molar-refractivity contribution is 0.102. The van der Waals surface area contributed by atoms with E-state index in [0.29, 0.717) is 50.9 Å². The minimum Gasteiger partial charge on any atom is -0.453 e. The van der Waals surface area contributed by atoms with Crippen LogP contribution in [-0.2, 0) is 0 Å². The van der Waals surface area contributed by atoms with Gasteiger partial charge in [-0.3, -0.25) is 4.79 Å². The van der Waals surface area contributed by atoms with Crippen molar-refractivity contribution in [3.05, 3.63) is 66.0 Å². The predicted octanol–water partition coefficient (Wildman–Crippen LogP) is 4.44. The normalized spacial score (nSPS) is 16.6. The Balaban J connectivity index is 1.30. The van der Waals surface area contributed by atoms with Crippen molar-refractivity contribution in [1.82, 2.24) is 25.1 Å². The van der Waals surface area contributed by atoms with Gasteiger partial charge in [0.1, 0.15) is 17.8 Å². The van der Waals surface area contributed by atoms with E-state index in [1.54, 1.807) is 0 Å². The van der Waals surface area contributed by atoms with Crippen molar-refractivity contribution in [2.24, 2.45) is 0 Å². The largest absolute Gasteiger partial charge is 0.453 e. The van der Waals surface area contributed by atoms with Crippen LogP contribution in [0.5, 0.6) is 11.5 Å². The maximum Gasteiger partial charge on any atom is 0.256 e. The number of nitrogens with one attached hydrogen (secondary N) is 2. The second kappa shape index (κ2) is 9.25. The van der Waals surface area contributed by atoms with E-state index in [2.05, 4.69) is 20.6 Å². The average Bonchev–Trinajstić information content (AvgIpc) is 3.61. The van der Waals surface area contributed by atoms with Gasteiger partial charge in [0.05, 0.1) is 17.1 Å². The van der Waals surface area contributed by atoms with Crippen molar-refractivity contribution in [1.29, 1.82) is 0 Å². The standard InChI is InChI=1S/C29H27N7O3/c1-16-8-9-20(19-7-3-2-6-18(16)19)29(37)34-22-11-10-21(25-26(22)39-15-38-25)24-23-27(30)32-14-33-28(23)36(35-24)17-5-4-12-31-13-17/h2-3,6-11,14,17,31H,4-5,12-13,15H2,1H3,(H,34,37)(H2,30,32,33)/t17-/m1/s1. The maximum atomic E-state index is 13.4. The number of carbonyl (C=O) groups is 1. The molecule has 1 saturated heterocycles. The third-order valence-corrected chi connectivity index (χ3v) is 7.54. The zero-order chi connectivity index (χ0) is 26.5. The van der Waals surface area contributed by atoms with Crippen LogP contribution >= 0.6 is 0 Å². The van der Waals surface area contributed by atoms with Gasteiger partial charge < -0.3 is 25.8 Å². The van der Waals surface area contributed by atoms with E-state index in [-0.39, 0.29) is 18.7 Å². The zero-order valence-electron chi connectivity index (χ0n) is 21.4. The van der Waals surface area contributed by atoms with Crippen LogP contribution in [0.3, 0.4) is 0 Å². The second-order valence-electron chi connectivity index (χ2n) is 9.91. The fourth-order valence-electron chi connectivity index (χ4n) is 5.60. The molecule has 0 aliphatic carbocycles. The van der Waals surface area contributed by atoms with Crippen LogP contribution in [0.15, 0.2) is 54.9 Å². The van der Waals surface area contributed by atoms with Crippen LogP contribution < -0.4 is 25.8 Å². The average molecular weight is 522 g/mol. The molecule has 0 radical (unpaired) electrons. The summed E-state index contributed by atoms with van der Waals surface area (Å²) in [4.78, 5) is 22.2. The van der Waals surface area contributed by atoms with E-state index < -0.39 is 0 Å². The molecule has 0 bridgehead atoms. The molecular formula is C29H27N7O3.